The van der Waals surface area contributed by atoms with Crippen molar-refractivity contribution >= 4 is 16.9 Å². The average Bonchev–Trinajstić information content (AvgIpc) is 2.59. The van der Waals surface area contributed by atoms with Crippen LogP contribution in [0.2, 0.25) is 0 Å². The molecule has 110 valence electrons. The van der Waals surface area contributed by atoms with Gasteiger partial charge in [0.1, 0.15) is 5.75 Å². The van der Waals surface area contributed by atoms with Crippen molar-refractivity contribution in [2.75, 3.05) is 7.11 Å². The minimum Gasteiger partial charge on any atom is -0.497 e. The monoisotopic (exact) mass is 293 g/mol. The number of amides is 1. The van der Waals surface area contributed by atoms with Crippen molar-refractivity contribution in [3.05, 3.63) is 66.0 Å². The van der Waals surface area contributed by atoms with Crippen LogP contribution < -0.4 is 10.1 Å². The predicted molar refractivity (Wildman–Crippen MR) is 83.7 cm³/mol. The van der Waals surface area contributed by atoms with Gasteiger partial charge in [-0.05, 0) is 35.9 Å². The SMILES string of the molecule is COc1cccc(C(=O)NCc2ccc3nccnc3c2)c1. The van der Waals surface area contributed by atoms with Crippen molar-refractivity contribution in [1.29, 1.82) is 0 Å². The minimum atomic E-state index is -0.141. The summed E-state index contributed by atoms with van der Waals surface area (Å²) in [7, 11) is 1.58. The third-order valence-electron chi connectivity index (χ3n) is 3.32. The summed E-state index contributed by atoms with van der Waals surface area (Å²) in [6.45, 7) is 0.433. The number of methoxy groups -OCH3 is 1. The van der Waals surface area contributed by atoms with Crippen LogP contribution in [0.1, 0.15) is 15.9 Å². The summed E-state index contributed by atoms with van der Waals surface area (Å²) in [6, 6.07) is 12.8. The Bertz CT molecular complexity index is 818. The third-order valence-corrected chi connectivity index (χ3v) is 3.32. The van der Waals surface area contributed by atoms with Gasteiger partial charge in [0, 0.05) is 24.5 Å². The zero-order valence-corrected chi connectivity index (χ0v) is 12.1. The molecule has 1 amide bonds. The van der Waals surface area contributed by atoms with Crippen LogP contribution in [-0.2, 0) is 6.54 Å². The number of hydrogen-bond acceptors (Lipinski definition) is 4. The Hall–Kier alpha value is -2.95. The summed E-state index contributed by atoms with van der Waals surface area (Å²) >= 11 is 0. The molecule has 5 nitrogen and oxygen atoms in total. The number of benzene rings is 2. The van der Waals surface area contributed by atoms with Gasteiger partial charge in [0.2, 0.25) is 0 Å². The molecule has 0 aliphatic heterocycles. The van der Waals surface area contributed by atoms with Crippen LogP contribution in [0.15, 0.2) is 54.9 Å². The Kier molecular flexibility index (Phi) is 3.96. The van der Waals surface area contributed by atoms with Crippen LogP contribution in [0.3, 0.4) is 0 Å². The molecule has 22 heavy (non-hydrogen) atoms. The Morgan fingerprint density at radius 1 is 1.09 bits per heavy atom. The predicted octanol–water partition coefficient (Wildman–Crippen LogP) is 2.57. The van der Waals surface area contributed by atoms with Crippen molar-refractivity contribution in [1.82, 2.24) is 15.3 Å². The van der Waals surface area contributed by atoms with Gasteiger partial charge in [-0.15, -0.1) is 0 Å². The first-order valence-electron chi connectivity index (χ1n) is 6.88. The molecule has 0 saturated heterocycles. The van der Waals surface area contributed by atoms with E-state index in [1.807, 2.05) is 18.2 Å². The van der Waals surface area contributed by atoms with Crippen molar-refractivity contribution in [3.8, 4) is 5.75 Å². The molecule has 3 rings (SSSR count). The maximum Gasteiger partial charge on any atom is 0.251 e. The van der Waals surface area contributed by atoms with Gasteiger partial charge >= 0.3 is 0 Å². The van der Waals surface area contributed by atoms with E-state index < -0.39 is 0 Å². The molecule has 1 N–H and O–H groups in total. The van der Waals surface area contributed by atoms with E-state index in [0.717, 1.165) is 16.6 Å². The molecular formula is C17H15N3O2. The zero-order chi connectivity index (χ0) is 15.4. The number of carbonyl (C=O) groups excluding carboxylic acids is 1. The number of nitrogens with one attached hydrogen (secondary N) is 1. The lowest BCUT2D eigenvalue weighted by atomic mass is 10.1. The molecule has 5 heteroatoms. The van der Waals surface area contributed by atoms with Gasteiger partial charge in [-0.3, -0.25) is 14.8 Å². The topological polar surface area (TPSA) is 64.1 Å². The van der Waals surface area contributed by atoms with Crippen molar-refractivity contribution < 1.29 is 9.53 Å². The number of nitrogens with zero attached hydrogens (tertiary/aromatic N) is 2. The van der Waals surface area contributed by atoms with E-state index in [1.165, 1.54) is 0 Å². The van der Waals surface area contributed by atoms with Crippen LogP contribution in [-0.4, -0.2) is 23.0 Å². The number of hydrogen-bond donors (Lipinski definition) is 1. The lowest BCUT2D eigenvalue weighted by Gasteiger charge is -2.07. The highest BCUT2D eigenvalue weighted by atomic mass is 16.5. The lowest BCUT2D eigenvalue weighted by Crippen LogP contribution is -2.22. The van der Waals surface area contributed by atoms with Gasteiger partial charge in [0.25, 0.3) is 5.91 Å². The van der Waals surface area contributed by atoms with Crippen LogP contribution in [0.5, 0.6) is 5.75 Å². The third kappa shape index (κ3) is 3.03. The van der Waals surface area contributed by atoms with Gasteiger partial charge in [-0.2, -0.15) is 0 Å². The smallest absolute Gasteiger partial charge is 0.251 e. The number of rotatable bonds is 4. The molecule has 0 unspecified atom stereocenters. The zero-order valence-electron chi connectivity index (χ0n) is 12.1. The Labute approximate surface area is 128 Å². The largest absolute Gasteiger partial charge is 0.497 e. The molecule has 0 bridgehead atoms. The number of aromatic nitrogens is 2. The van der Waals surface area contributed by atoms with Crippen molar-refractivity contribution in [2.45, 2.75) is 6.54 Å². The van der Waals surface area contributed by atoms with Crippen LogP contribution in [0.4, 0.5) is 0 Å². The van der Waals surface area contributed by atoms with E-state index in [2.05, 4.69) is 15.3 Å². The van der Waals surface area contributed by atoms with E-state index in [-0.39, 0.29) is 5.91 Å². The first kappa shape index (κ1) is 14.0. The maximum atomic E-state index is 12.2. The molecular weight excluding hydrogens is 278 g/mol. The second-order valence-corrected chi connectivity index (χ2v) is 4.79. The fourth-order valence-electron chi connectivity index (χ4n) is 2.17. The molecule has 0 atom stereocenters. The quantitative estimate of drug-likeness (QED) is 0.803. The molecule has 0 spiro atoms. The highest BCUT2D eigenvalue weighted by molar-refractivity contribution is 5.94. The molecule has 0 aliphatic carbocycles. The molecule has 0 aliphatic rings. The number of ether oxygens (including phenoxy) is 1. The molecule has 1 heterocycles. The summed E-state index contributed by atoms with van der Waals surface area (Å²) in [5, 5.41) is 2.89. The molecule has 0 saturated carbocycles. The molecule has 0 fully saturated rings. The molecule has 1 aromatic heterocycles. The van der Waals surface area contributed by atoms with Gasteiger partial charge in [0.15, 0.2) is 0 Å². The number of carbonyl (C=O) groups is 1. The standard InChI is InChI=1S/C17H15N3O2/c1-22-14-4-2-3-13(10-14)17(21)20-11-12-5-6-15-16(9-12)19-8-7-18-15/h2-10H,11H2,1H3,(H,20,21). The normalized spacial score (nSPS) is 10.4. The van der Waals surface area contributed by atoms with E-state index >= 15 is 0 Å². The second-order valence-electron chi connectivity index (χ2n) is 4.79. The Morgan fingerprint density at radius 2 is 1.91 bits per heavy atom. The summed E-state index contributed by atoms with van der Waals surface area (Å²) < 4.78 is 5.12. The van der Waals surface area contributed by atoms with Gasteiger partial charge < -0.3 is 10.1 Å². The summed E-state index contributed by atoms with van der Waals surface area (Å²) in [4.78, 5) is 20.6. The highest BCUT2D eigenvalue weighted by Gasteiger charge is 2.06. The lowest BCUT2D eigenvalue weighted by molar-refractivity contribution is 0.0950. The first-order valence-corrected chi connectivity index (χ1v) is 6.88. The fraction of sp³-hybridized carbons (Fsp3) is 0.118. The Balaban J connectivity index is 1.71. The molecule has 3 aromatic rings. The molecule has 0 radical (unpaired) electrons. The van der Waals surface area contributed by atoms with E-state index in [9.17, 15) is 4.79 Å². The van der Waals surface area contributed by atoms with E-state index in [4.69, 9.17) is 4.74 Å². The van der Waals surface area contributed by atoms with Gasteiger partial charge in [-0.1, -0.05) is 12.1 Å². The van der Waals surface area contributed by atoms with Gasteiger partial charge in [0.05, 0.1) is 18.1 Å². The summed E-state index contributed by atoms with van der Waals surface area (Å²) in [5.41, 5.74) is 3.20. The first-order chi connectivity index (χ1) is 10.8. The summed E-state index contributed by atoms with van der Waals surface area (Å²) in [6.07, 6.45) is 3.31. The fourth-order valence-corrected chi connectivity index (χ4v) is 2.17. The van der Waals surface area contributed by atoms with Crippen LogP contribution >= 0.6 is 0 Å². The van der Waals surface area contributed by atoms with Crippen LogP contribution in [0, 0.1) is 0 Å². The second kappa shape index (κ2) is 6.22. The van der Waals surface area contributed by atoms with E-state index in [1.54, 1.807) is 43.8 Å². The maximum absolute atomic E-state index is 12.2. The minimum absolute atomic E-state index is 0.141. The molecule has 2 aromatic carbocycles. The van der Waals surface area contributed by atoms with Gasteiger partial charge in [-0.25, -0.2) is 0 Å². The van der Waals surface area contributed by atoms with Crippen molar-refractivity contribution in [2.24, 2.45) is 0 Å². The highest BCUT2D eigenvalue weighted by Crippen LogP contribution is 2.13. The van der Waals surface area contributed by atoms with Crippen LogP contribution in [0.25, 0.3) is 11.0 Å². The van der Waals surface area contributed by atoms with Crippen molar-refractivity contribution in [3.63, 3.8) is 0 Å². The Morgan fingerprint density at radius 3 is 2.73 bits per heavy atom. The number of fused-ring (bicyclic) bond motifs is 1. The van der Waals surface area contributed by atoms with E-state index in [0.29, 0.717) is 17.9 Å². The summed E-state index contributed by atoms with van der Waals surface area (Å²) in [5.74, 6) is 0.520. The average molecular weight is 293 g/mol.